The van der Waals surface area contributed by atoms with Gasteiger partial charge in [0.05, 0.1) is 6.54 Å². The molecule has 0 unspecified atom stereocenters. The van der Waals surface area contributed by atoms with Gasteiger partial charge < -0.3 is 16.0 Å². The lowest BCUT2D eigenvalue weighted by Gasteiger charge is -2.25. The van der Waals surface area contributed by atoms with E-state index in [1.165, 1.54) is 11.3 Å². The Morgan fingerprint density at radius 2 is 2.10 bits per heavy atom. The zero-order chi connectivity index (χ0) is 15.0. The van der Waals surface area contributed by atoms with Gasteiger partial charge in [0.1, 0.15) is 0 Å². The highest BCUT2D eigenvalue weighted by Gasteiger charge is 2.06. The highest BCUT2D eigenvalue weighted by Crippen LogP contribution is 2.18. The van der Waals surface area contributed by atoms with Crippen LogP contribution in [0.5, 0.6) is 0 Å². The summed E-state index contributed by atoms with van der Waals surface area (Å²) in [6.07, 6.45) is 0. The number of hydrogen-bond acceptors (Lipinski definition) is 2. The van der Waals surface area contributed by atoms with Crippen LogP contribution in [0.4, 0.5) is 5.69 Å². The van der Waals surface area contributed by atoms with Gasteiger partial charge in [-0.1, -0.05) is 30.4 Å². The molecule has 0 saturated carbocycles. The molecular weight excluding hydrogens is 248 g/mol. The Morgan fingerprint density at radius 3 is 2.70 bits per heavy atom. The normalized spacial score (nSPS) is 11.2. The van der Waals surface area contributed by atoms with Crippen LogP contribution in [0.2, 0.25) is 0 Å². The fourth-order valence-electron chi connectivity index (χ4n) is 1.96. The molecule has 0 aliphatic heterocycles. The second-order valence-electron chi connectivity index (χ2n) is 4.95. The second kappa shape index (κ2) is 8.25. The van der Waals surface area contributed by atoms with E-state index in [4.69, 9.17) is 5.73 Å². The zero-order valence-electron chi connectivity index (χ0n) is 12.8. The van der Waals surface area contributed by atoms with E-state index in [0.717, 1.165) is 25.2 Å². The van der Waals surface area contributed by atoms with Crippen LogP contribution >= 0.6 is 0 Å². The number of guanidine groups is 1. The summed E-state index contributed by atoms with van der Waals surface area (Å²) in [5.41, 5.74) is 9.36. The summed E-state index contributed by atoms with van der Waals surface area (Å²) in [6, 6.07) is 8.42. The maximum Gasteiger partial charge on any atom is 0.188 e. The highest BCUT2D eigenvalue weighted by molar-refractivity contribution is 5.78. The molecule has 0 spiro atoms. The van der Waals surface area contributed by atoms with Crippen molar-refractivity contribution < 1.29 is 0 Å². The fraction of sp³-hybridized carbons (Fsp3) is 0.438. The molecular formula is C16H26N4. The minimum atomic E-state index is 0.480. The molecule has 1 aromatic carbocycles. The van der Waals surface area contributed by atoms with Gasteiger partial charge in [0.2, 0.25) is 0 Å². The number of benzene rings is 1. The van der Waals surface area contributed by atoms with Gasteiger partial charge in [-0.3, -0.25) is 0 Å². The summed E-state index contributed by atoms with van der Waals surface area (Å²) in [5.74, 6) is 0.480. The van der Waals surface area contributed by atoms with Crippen LogP contribution in [0.15, 0.2) is 41.4 Å². The standard InChI is InChI=1S/C16H26N4/c1-5-20(15-9-7-6-8-14(15)4)11-10-18-16(17)19-12-13(2)3/h6-9H,2,5,10-12H2,1,3-4H3,(H3,17,18,19). The van der Waals surface area contributed by atoms with E-state index in [-0.39, 0.29) is 0 Å². The molecule has 0 amide bonds. The van der Waals surface area contributed by atoms with Crippen molar-refractivity contribution in [1.82, 2.24) is 5.32 Å². The molecule has 0 atom stereocenters. The first kappa shape index (κ1) is 16.1. The number of hydrogen-bond donors (Lipinski definition) is 2. The molecule has 0 fully saturated rings. The number of likely N-dealkylation sites (N-methyl/N-ethyl adjacent to an activating group) is 1. The van der Waals surface area contributed by atoms with Crippen LogP contribution < -0.4 is 16.0 Å². The Kier molecular flexibility index (Phi) is 6.64. The molecule has 0 aromatic heterocycles. The smallest absolute Gasteiger partial charge is 0.188 e. The van der Waals surface area contributed by atoms with Gasteiger partial charge in [0, 0.05) is 25.3 Å². The number of nitrogens with two attached hydrogens (primary N) is 1. The number of aliphatic imine (C=N–C) groups is 1. The maximum absolute atomic E-state index is 5.80. The molecule has 110 valence electrons. The third-order valence-electron chi connectivity index (χ3n) is 3.05. The quantitative estimate of drug-likeness (QED) is 0.456. The van der Waals surface area contributed by atoms with Crippen LogP contribution in [0, 0.1) is 6.92 Å². The molecule has 3 N–H and O–H groups in total. The molecule has 1 rings (SSSR count). The number of para-hydroxylation sites is 1. The average molecular weight is 274 g/mol. The minimum absolute atomic E-state index is 0.480. The van der Waals surface area contributed by atoms with E-state index in [1.807, 2.05) is 6.92 Å². The Bertz CT molecular complexity index is 465. The van der Waals surface area contributed by atoms with Gasteiger partial charge in [-0.2, -0.15) is 0 Å². The molecule has 4 nitrogen and oxygen atoms in total. The largest absolute Gasteiger partial charge is 0.370 e. The van der Waals surface area contributed by atoms with E-state index in [9.17, 15) is 0 Å². The van der Waals surface area contributed by atoms with E-state index in [2.05, 4.69) is 59.9 Å². The summed E-state index contributed by atoms with van der Waals surface area (Å²) >= 11 is 0. The Labute approximate surface area is 122 Å². The fourth-order valence-corrected chi connectivity index (χ4v) is 1.96. The third-order valence-corrected chi connectivity index (χ3v) is 3.05. The first-order valence-corrected chi connectivity index (χ1v) is 7.03. The topological polar surface area (TPSA) is 53.6 Å². The van der Waals surface area contributed by atoms with Gasteiger partial charge in [-0.15, -0.1) is 0 Å². The van der Waals surface area contributed by atoms with Crippen molar-refractivity contribution in [2.75, 3.05) is 31.1 Å². The van der Waals surface area contributed by atoms with Crippen LogP contribution in [-0.4, -0.2) is 32.1 Å². The molecule has 4 heteroatoms. The highest BCUT2D eigenvalue weighted by atomic mass is 15.2. The van der Waals surface area contributed by atoms with E-state index in [0.29, 0.717) is 12.5 Å². The van der Waals surface area contributed by atoms with E-state index < -0.39 is 0 Å². The van der Waals surface area contributed by atoms with Crippen LogP contribution in [0.3, 0.4) is 0 Å². The molecule has 0 aliphatic carbocycles. The first-order chi connectivity index (χ1) is 9.54. The van der Waals surface area contributed by atoms with E-state index >= 15 is 0 Å². The molecule has 0 bridgehead atoms. The van der Waals surface area contributed by atoms with Crippen molar-refractivity contribution >= 4 is 11.6 Å². The third kappa shape index (κ3) is 5.34. The number of nitrogens with zero attached hydrogens (tertiary/aromatic N) is 2. The molecule has 0 saturated heterocycles. The minimum Gasteiger partial charge on any atom is -0.370 e. The monoisotopic (exact) mass is 274 g/mol. The van der Waals surface area contributed by atoms with Gasteiger partial charge >= 0.3 is 0 Å². The number of aryl methyl sites for hydroxylation is 1. The molecule has 20 heavy (non-hydrogen) atoms. The Morgan fingerprint density at radius 1 is 1.40 bits per heavy atom. The molecule has 1 aromatic rings. The average Bonchev–Trinajstić information content (AvgIpc) is 2.42. The van der Waals surface area contributed by atoms with E-state index in [1.54, 1.807) is 0 Å². The Balaban J connectivity index is 2.49. The number of anilines is 1. The first-order valence-electron chi connectivity index (χ1n) is 7.03. The second-order valence-corrected chi connectivity index (χ2v) is 4.95. The lowest BCUT2D eigenvalue weighted by Crippen LogP contribution is -2.39. The van der Waals surface area contributed by atoms with Crippen molar-refractivity contribution in [2.24, 2.45) is 10.7 Å². The van der Waals surface area contributed by atoms with Crippen LogP contribution in [0.25, 0.3) is 0 Å². The lowest BCUT2D eigenvalue weighted by atomic mass is 10.2. The molecule has 0 aliphatic rings. The summed E-state index contributed by atoms with van der Waals surface area (Å²) in [6.45, 7) is 13.2. The predicted octanol–water partition coefficient (Wildman–Crippen LogP) is 2.30. The van der Waals surface area contributed by atoms with Gasteiger partial charge in [-0.25, -0.2) is 4.99 Å². The zero-order valence-corrected chi connectivity index (χ0v) is 12.8. The van der Waals surface area contributed by atoms with Crippen molar-refractivity contribution in [2.45, 2.75) is 20.8 Å². The SMILES string of the molecule is C=C(C)CN=C(N)NCCN(CC)c1ccccc1C. The van der Waals surface area contributed by atoms with Crippen molar-refractivity contribution in [3.8, 4) is 0 Å². The van der Waals surface area contributed by atoms with Crippen molar-refractivity contribution in [3.63, 3.8) is 0 Å². The summed E-state index contributed by atoms with van der Waals surface area (Å²) in [5, 5.41) is 3.14. The summed E-state index contributed by atoms with van der Waals surface area (Å²) < 4.78 is 0. The number of nitrogens with one attached hydrogen (secondary N) is 1. The van der Waals surface area contributed by atoms with Crippen LogP contribution in [0.1, 0.15) is 19.4 Å². The molecule has 0 heterocycles. The summed E-state index contributed by atoms with van der Waals surface area (Å²) in [7, 11) is 0. The van der Waals surface area contributed by atoms with Crippen molar-refractivity contribution in [1.29, 1.82) is 0 Å². The summed E-state index contributed by atoms with van der Waals surface area (Å²) in [4.78, 5) is 6.53. The van der Waals surface area contributed by atoms with Crippen LogP contribution in [-0.2, 0) is 0 Å². The van der Waals surface area contributed by atoms with Gasteiger partial charge in [0.15, 0.2) is 5.96 Å². The van der Waals surface area contributed by atoms with Gasteiger partial charge in [-0.05, 0) is 32.4 Å². The molecule has 0 radical (unpaired) electrons. The van der Waals surface area contributed by atoms with Crippen molar-refractivity contribution in [3.05, 3.63) is 42.0 Å². The Hall–Kier alpha value is -1.97. The predicted molar refractivity (Wildman–Crippen MR) is 88.4 cm³/mol. The number of rotatable bonds is 7. The lowest BCUT2D eigenvalue weighted by molar-refractivity contribution is 0.769. The maximum atomic E-state index is 5.80. The van der Waals surface area contributed by atoms with Gasteiger partial charge in [0.25, 0.3) is 0 Å².